The Morgan fingerprint density at radius 3 is 2.94 bits per heavy atom. The molecular formula is C7H8FN7S. The lowest BCUT2D eigenvalue weighted by Crippen LogP contribution is -2.00. The van der Waals surface area contributed by atoms with E-state index in [0.29, 0.717) is 11.1 Å². The highest BCUT2D eigenvalue weighted by Gasteiger charge is 2.12. The number of hydrogen-bond acceptors (Lipinski definition) is 7. The number of nitrogens with one attached hydrogen (secondary N) is 1. The van der Waals surface area contributed by atoms with Crippen LogP contribution in [0.25, 0.3) is 0 Å². The van der Waals surface area contributed by atoms with Gasteiger partial charge < -0.3 is 5.32 Å². The van der Waals surface area contributed by atoms with Gasteiger partial charge in [-0.25, -0.2) is 19.0 Å². The fraction of sp³-hybridized carbons (Fsp3) is 0.286. The highest BCUT2D eigenvalue weighted by atomic mass is 32.2. The summed E-state index contributed by atoms with van der Waals surface area (Å²) in [6, 6.07) is 0. The first-order valence-electron chi connectivity index (χ1n) is 4.31. The molecule has 0 aliphatic rings. The fourth-order valence-corrected chi connectivity index (χ4v) is 1.64. The second kappa shape index (κ2) is 4.39. The average Bonchev–Trinajstić information content (AvgIpc) is 2.68. The Balaban J connectivity index is 2.30. The van der Waals surface area contributed by atoms with Crippen molar-refractivity contribution in [2.24, 2.45) is 7.05 Å². The minimum absolute atomic E-state index is 0.178. The smallest absolute Gasteiger partial charge is 0.223 e. The number of hydrogen-bond donors (Lipinski definition) is 1. The van der Waals surface area contributed by atoms with Gasteiger partial charge in [0, 0.05) is 14.1 Å². The summed E-state index contributed by atoms with van der Waals surface area (Å²) < 4.78 is 14.8. The molecule has 0 saturated heterocycles. The van der Waals surface area contributed by atoms with E-state index in [9.17, 15) is 4.39 Å². The quantitative estimate of drug-likeness (QED) is 0.775. The molecule has 0 aliphatic carbocycles. The second-order valence-corrected chi connectivity index (χ2v) is 3.74. The molecule has 9 heteroatoms. The largest absolute Gasteiger partial charge is 0.357 e. The molecule has 0 aromatic carbocycles. The van der Waals surface area contributed by atoms with Crippen LogP contribution in [0.2, 0.25) is 0 Å². The van der Waals surface area contributed by atoms with Gasteiger partial charge in [0.2, 0.25) is 11.1 Å². The molecule has 0 bridgehead atoms. The van der Waals surface area contributed by atoms with Crippen LogP contribution in [0.5, 0.6) is 0 Å². The van der Waals surface area contributed by atoms with Crippen LogP contribution in [0, 0.1) is 5.82 Å². The molecule has 0 atom stereocenters. The minimum atomic E-state index is -0.507. The summed E-state index contributed by atoms with van der Waals surface area (Å²) in [6.45, 7) is 0. The normalized spacial score (nSPS) is 10.4. The van der Waals surface area contributed by atoms with Gasteiger partial charge in [0.25, 0.3) is 0 Å². The summed E-state index contributed by atoms with van der Waals surface area (Å²) in [5, 5.41) is 14.2. The van der Waals surface area contributed by atoms with Crippen molar-refractivity contribution in [3.63, 3.8) is 0 Å². The van der Waals surface area contributed by atoms with E-state index >= 15 is 0 Å². The molecule has 0 amide bonds. The summed E-state index contributed by atoms with van der Waals surface area (Å²) in [5.74, 6) is -0.161. The van der Waals surface area contributed by atoms with Crippen LogP contribution < -0.4 is 5.32 Å². The molecule has 0 saturated carbocycles. The Labute approximate surface area is 94.5 Å². The molecule has 0 radical (unpaired) electrons. The second-order valence-electron chi connectivity index (χ2n) is 2.78. The number of anilines is 1. The van der Waals surface area contributed by atoms with Gasteiger partial charge in [0.05, 0.1) is 6.20 Å². The Kier molecular flexibility index (Phi) is 2.95. The Morgan fingerprint density at radius 2 is 2.31 bits per heavy atom. The number of aromatic nitrogens is 6. The average molecular weight is 241 g/mol. The van der Waals surface area contributed by atoms with Gasteiger partial charge >= 0.3 is 0 Å². The lowest BCUT2D eigenvalue weighted by atomic mass is 10.6. The van der Waals surface area contributed by atoms with Crippen molar-refractivity contribution >= 4 is 17.7 Å². The zero-order valence-electron chi connectivity index (χ0n) is 8.55. The molecule has 2 aromatic rings. The van der Waals surface area contributed by atoms with E-state index in [4.69, 9.17) is 0 Å². The zero-order chi connectivity index (χ0) is 11.5. The van der Waals surface area contributed by atoms with E-state index < -0.39 is 5.82 Å². The molecule has 0 spiro atoms. The lowest BCUT2D eigenvalue weighted by molar-refractivity contribution is 0.578. The Bertz CT molecular complexity index is 499. The Morgan fingerprint density at radius 1 is 1.50 bits per heavy atom. The monoisotopic (exact) mass is 241 g/mol. The first-order valence-corrected chi connectivity index (χ1v) is 5.13. The van der Waals surface area contributed by atoms with Gasteiger partial charge in [-0.3, -0.25) is 0 Å². The van der Waals surface area contributed by atoms with Gasteiger partial charge in [0.1, 0.15) is 5.03 Å². The van der Waals surface area contributed by atoms with Crippen molar-refractivity contribution in [1.82, 2.24) is 30.2 Å². The van der Waals surface area contributed by atoms with Crippen molar-refractivity contribution in [2.45, 2.75) is 10.2 Å². The third kappa shape index (κ3) is 2.08. The molecule has 1 N–H and O–H groups in total. The van der Waals surface area contributed by atoms with E-state index in [-0.39, 0.29) is 5.03 Å². The molecular weight excluding hydrogens is 233 g/mol. The van der Waals surface area contributed by atoms with E-state index in [0.717, 1.165) is 18.0 Å². The number of halogens is 1. The van der Waals surface area contributed by atoms with Gasteiger partial charge in [-0.15, -0.1) is 5.10 Å². The number of nitrogens with zero attached hydrogens (tertiary/aromatic N) is 6. The number of aryl methyl sites for hydroxylation is 1. The maximum atomic E-state index is 13.4. The van der Waals surface area contributed by atoms with Crippen LogP contribution in [-0.2, 0) is 7.05 Å². The lowest BCUT2D eigenvalue weighted by Gasteiger charge is -2.02. The Hall–Kier alpha value is -1.77. The molecule has 0 aliphatic heterocycles. The van der Waals surface area contributed by atoms with Gasteiger partial charge in [-0.05, 0) is 22.2 Å². The van der Waals surface area contributed by atoms with Crippen molar-refractivity contribution in [3.05, 3.63) is 12.0 Å². The third-order valence-corrected chi connectivity index (χ3v) is 2.71. The summed E-state index contributed by atoms with van der Waals surface area (Å²) in [4.78, 5) is 7.70. The first-order chi connectivity index (χ1) is 7.70. The van der Waals surface area contributed by atoms with E-state index in [1.54, 1.807) is 14.1 Å². The van der Waals surface area contributed by atoms with E-state index in [2.05, 4.69) is 30.8 Å². The van der Waals surface area contributed by atoms with E-state index in [1.807, 2.05) is 0 Å². The van der Waals surface area contributed by atoms with Gasteiger partial charge in [-0.2, -0.15) is 0 Å². The topological polar surface area (TPSA) is 81.4 Å². The SMILES string of the molecule is CNc1ncc(F)c(Sc2nnnn2C)n1. The maximum absolute atomic E-state index is 13.4. The van der Waals surface area contributed by atoms with Gasteiger partial charge in [0.15, 0.2) is 5.82 Å². The fourth-order valence-electron chi connectivity index (χ4n) is 0.938. The third-order valence-electron chi connectivity index (χ3n) is 1.70. The molecule has 84 valence electrons. The molecule has 0 unspecified atom stereocenters. The van der Waals surface area contributed by atoms with Crippen molar-refractivity contribution in [3.8, 4) is 0 Å². The zero-order valence-corrected chi connectivity index (χ0v) is 9.36. The minimum Gasteiger partial charge on any atom is -0.357 e. The molecule has 2 heterocycles. The first kappa shape index (κ1) is 10.7. The number of rotatable bonds is 3. The predicted octanol–water partition coefficient (Wildman–Crippen LogP) is 0.332. The van der Waals surface area contributed by atoms with Crippen LogP contribution in [0.1, 0.15) is 0 Å². The van der Waals surface area contributed by atoms with Crippen molar-refractivity contribution in [1.29, 1.82) is 0 Å². The van der Waals surface area contributed by atoms with Crippen molar-refractivity contribution < 1.29 is 4.39 Å². The standard InChI is InChI=1S/C7H8FN7S/c1-9-6-10-3-4(8)5(11-6)16-7-12-13-14-15(7)2/h3H,1-2H3,(H,9,10,11). The maximum Gasteiger partial charge on any atom is 0.223 e. The highest BCUT2D eigenvalue weighted by Crippen LogP contribution is 2.25. The molecule has 16 heavy (non-hydrogen) atoms. The molecule has 2 aromatic heterocycles. The predicted molar refractivity (Wildman–Crippen MR) is 54.5 cm³/mol. The van der Waals surface area contributed by atoms with Crippen LogP contribution in [0.15, 0.2) is 16.4 Å². The molecule has 0 fully saturated rings. The summed E-state index contributed by atoms with van der Waals surface area (Å²) >= 11 is 1.04. The molecule has 7 nitrogen and oxygen atoms in total. The van der Waals surface area contributed by atoms with Crippen molar-refractivity contribution in [2.75, 3.05) is 12.4 Å². The van der Waals surface area contributed by atoms with Crippen LogP contribution in [-0.4, -0.2) is 37.2 Å². The summed E-state index contributed by atoms with van der Waals surface area (Å²) in [5.41, 5.74) is 0. The number of tetrazole rings is 1. The molecule has 2 rings (SSSR count). The van der Waals surface area contributed by atoms with Crippen LogP contribution >= 0.6 is 11.8 Å². The highest BCUT2D eigenvalue weighted by molar-refractivity contribution is 7.99. The van der Waals surface area contributed by atoms with E-state index in [1.165, 1.54) is 4.68 Å². The van der Waals surface area contributed by atoms with Gasteiger partial charge in [-0.1, -0.05) is 0 Å². The van der Waals surface area contributed by atoms with Crippen LogP contribution in [0.4, 0.5) is 10.3 Å². The van der Waals surface area contributed by atoms with Crippen LogP contribution in [0.3, 0.4) is 0 Å². The summed E-state index contributed by atoms with van der Waals surface area (Å²) in [6.07, 6.45) is 1.10. The summed E-state index contributed by atoms with van der Waals surface area (Å²) in [7, 11) is 3.33.